The Morgan fingerprint density at radius 1 is 1.32 bits per heavy atom. The van der Waals surface area contributed by atoms with E-state index in [4.69, 9.17) is 0 Å². The zero-order chi connectivity index (χ0) is 20.9. The van der Waals surface area contributed by atoms with Crippen molar-refractivity contribution in [3.63, 3.8) is 0 Å². The molecule has 0 saturated heterocycles. The number of hydrogen-bond acceptors (Lipinski definition) is 4. The lowest BCUT2D eigenvalue weighted by Gasteiger charge is -2.46. The molecule has 1 aliphatic heterocycles. The van der Waals surface area contributed by atoms with Gasteiger partial charge in [-0.05, 0) is 30.8 Å². The van der Waals surface area contributed by atoms with Crippen LogP contribution in [-0.2, 0) is 4.74 Å². The van der Waals surface area contributed by atoms with E-state index < -0.39 is 24.3 Å². The molecule has 2 aliphatic carbocycles. The van der Waals surface area contributed by atoms with E-state index in [1.54, 1.807) is 7.05 Å². The summed E-state index contributed by atoms with van der Waals surface area (Å²) in [5, 5.41) is 8.07. The molecule has 158 valence electrons. The van der Waals surface area contributed by atoms with Gasteiger partial charge in [-0.15, -0.1) is 0 Å². The second-order valence-electron chi connectivity index (χ2n) is 8.21. The third-order valence-electron chi connectivity index (χ3n) is 5.96. The van der Waals surface area contributed by atoms with Crippen molar-refractivity contribution in [2.24, 2.45) is 16.4 Å². The Kier molecular flexibility index (Phi) is 5.12. The molecule has 0 bridgehead atoms. The quantitative estimate of drug-likeness (QED) is 0.679. The summed E-state index contributed by atoms with van der Waals surface area (Å²) in [6, 6.07) is 0. The van der Waals surface area contributed by atoms with E-state index in [0.717, 1.165) is 31.8 Å². The Hall–Kier alpha value is -1.87. The maximum atomic E-state index is 13.3. The summed E-state index contributed by atoms with van der Waals surface area (Å²) in [4.78, 5) is 12.0. The van der Waals surface area contributed by atoms with Crippen molar-refractivity contribution in [3.05, 3.63) is 11.4 Å². The summed E-state index contributed by atoms with van der Waals surface area (Å²) in [5.74, 6) is -2.72. The first-order chi connectivity index (χ1) is 12.8. The van der Waals surface area contributed by atoms with E-state index in [2.05, 4.69) is 15.2 Å². The molecular formula is C18H24F5N3O2. The molecule has 1 N–H and O–H groups in total. The number of carbonyl (C=O) groups excluding carboxylic acids is 1. The summed E-state index contributed by atoms with van der Waals surface area (Å²) >= 11 is 0. The van der Waals surface area contributed by atoms with E-state index in [1.807, 2.05) is 6.92 Å². The zero-order valence-corrected chi connectivity index (χ0v) is 16.0. The van der Waals surface area contributed by atoms with Crippen LogP contribution in [0.25, 0.3) is 0 Å². The number of alkyl halides is 5. The number of amides is 1. The number of nitrogens with zero attached hydrogens (tertiary/aromatic N) is 2. The van der Waals surface area contributed by atoms with Crippen LogP contribution in [0.1, 0.15) is 52.4 Å². The van der Waals surface area contributed by atoms with Gasteiger partial charge in [0.1, 0.15) is 5.82 Å². The molecule has 2 saturated carbocycles. The fourth-order valence-corrected chi connectivity index (χ4v) is 3.88. The van der Waals surface area contributed by atoms with Gasteiger partial charge in [-0.3, -0.25) is 10.3 Å². The summed E-state index contributed by atoms with van der Waals surface area (Å²) < 4.78 is 68.9. The fraction of sp³-hybridized carbons (Fsp3) is 0.778. The molecule has 0 aromatic rings. The van der Waals surface area contributed by atoms with E-state index in [0.29, 0.717) is 12.1 Å². The van der Waals surface area contributed by atoms with Crippen LogP contribution in [0.4, 0.5) is 26.7 Å². The topological polar surface area (TPSA) is 53.9 Å². The number of alkyl carbamates (subject to hydrolysis) is 1. The summed E-state index contributed by atoms with van der Waals surface area (Å²) in [6.45, 7) is 2.75. The summed E-state index contributed by atoms with van der Waals surface area (Å²) in [7, 11) is 1.54. The minimum absolute atomic E-state index is 0.250. The van der Waals surface area contributed by atoms with Crippen molar-refractivity contribution in [3.8, 4) is 0 Å². The van der Waals surface area contributed by atoms with Crippen LogP contribution in [0.15, 0.2) is 16.5 Å². The largest absolute Gasteiger partial charge is 0.437 e. The number of allylic oxidation sites excluding steroid dienone is 1. The van der Waals surface area contributed by atoms with Gasteiger partial charge in [0.25, 0.3) is 0 Å². The van der Waals surface area contributed by atoms with Gasteiger partial charge in [-0.1, -0.05) is 13.3 Å². The molecule has 1 atom stereocenters. The maximum absolute atomic E-state index is 13.3. The Morgan fingerprint density at radius 2 is 1.93 bits per heavy atom. The number of halogens is 5. The molecule has 3 aliphatic rings. The third-order valence-corrected chi connectivity index (χ3v) is 5.96. The highest BCUT2D eigenvalue weighted by atomic mass is 19.4. The molecule has 0 aromatic heterocycles. The molecule has 1 unspecified atom stereocenters. The molecule has 1 heterocycles. The highest BCUT2D eigenvalue weighted by molar-refractivity contribution is 5.91. The normalized spacial score (nSPS) is 25.4. The van der Waals surface area contributed by atoms with Crippen LogP contribution in [0, 0.1) is 11.3 Å². The molecule has 28 heavy (non-hydrogen) atoms. The average Bonchev–Trinajstić information content (AvgIpc) is 2.51. The van der Waals surface area contributed by atoms with E-state index >= 15 is 0 Å². The van der Waals surface area contributed by atoms with E-state index in [-0.39, 0.29) is 30.0 Å². The van der Waals surface area contributed by atoms with Crippen molar-refractivity contribution in [1.29, 1.82) is 0 Å². The van der Waals surface area contributed by atoms with Gasteiger partial charge < -0.3 is 4.74 Å². The number of ether oxygens (including phenoxy) is 1. The lowest BCUT2D eigenvalue weighted by molar-refractivity contribution is -0.197. The van der Waals surface area contributed by atoms with Crippen LogP contribution in [-0.4, -0.2) is 42.1 Å². The standard InChI is InChI=1S/C18H24F5N3O2/c1-10(18(21,22)23)28-15(27)24-14-12(16(2)5-4-6-16)7-13(25-26(14)3)11-8-17(19,20)9-11/h10-11H,4-9H2,1-3H3,(H,24,27). The van der Waals surface area contributed by atoms with Crippen molar-refractivity contribution in [2.45, 2.75) is 70.6 Å². The number of hydrogen-bond donors (Lipinski definition) is 1. The molecule has 2 fully saturated rings. The zero-order valence-electron chi connectivity index (χ0n) is 16.0. The minimum atomic E-state index is -4.66. The van der Waals surface area contributed by atoms with Crippen molar-refractivity contribution < 1.29 is 31.5 Å². The fourth-order valence-electron chi connectivity index (χ4n) is 3.88. The van der Waals surface area contributed by atoms with Crippen LogP contribution in [0.5, 0.6) is 0 Å². The van der Waals surface area contributed by atoms with Crippen LogP contribution >= 0.6 is 0 Å². The maximum Gasteiger partial charge on any atom is 0.425 e. The number of rotatable bonds is 4. The highest BCUT2D eigenvalue weighted by Gasteiger charge is 2.50. The lowest BCUT2D eigenvalue weighted by Crippen LogP contribution is -2.46. The second kappa shape index (κ2) is 6.88. The molecule has 0 spiro atoms. The van der Waals surface area contributed by atoms with Crippen LogP contribution in [0.2, 0.25) is 0 Å². The van der Waals surface area contributed by atoms with E-state index in [1.165, 1.54) is 5.01 Å². The molecule has 0 aromatic carbocycles. The number of nitrogens with one attached hydrogen (secondary N) is 1. The molecule has 10 heteroatoms. The minimum Gasteiger partial charge on any atom is -0.437 e. The smallest absolute Gasteiger partial charge is 0.425 e. The lowest BCUT2D eigenvalue weighted by atomic mass is 9.63. The van der Waals surface area contributed by atoms with Crippen molar-refractivity contribution >= 4 is 11.8 Å². The molecule has 3 rings (SSSR count). The predicted molar refractivity (Wildman–Crippen MR) is 91.6 cm³/mol. The Morgan fingerprint density at radius 3 is 2.39 bits per heavy atom. The Balaban J connectivity index is 1.77. The van der Waals surface area contributed by atoms with Gasteiger partial charge in [-0.25, -0.2) is 13.6 Å². The van der Waals surface area contributed by atoms with Crippen molar-refractivity contribution in [2.75, 3.05) is 7.05 Å². The first-order valence-corrected chi connectivity index (χ1v) is 9.28. The SMILES string of the molecule is CC(OC(=O)NC1=C(C2(C)CCC2)CC(C2CC(F)(F)C2)=NN1C)C(F)(F)F. The summed E-state index contributed by atoms with van der Waals surface area (Å²) in [6.07, 6.45) is -5.62. The second-order valence-corrected chi connectivity index (χ2v) is 8.21. The Bertz CT molecular complexity index is 704. The first kappa shape index (κ1) is 20.9. The first-order valence-electron chi connectivity index (χ1n) is 9.28. The third kappa shape index (κ3) is 4.10. The van der Waals surface area contributed by atoms with Gasteiger partial charge in [0.15, 0.2) is 6.10 Å². The van der Waals surface area contributed by atoms with E-state index in [9.17, 15) is 26.7 Å². The van der Waals surface area contributed by atoms with Gasteiger partial charge in [0.2, 0.25) is 5.92 Å². The van der Waals surface area contributed by atoms with Gasteiger partial charge in [0, 0.05) is 37.9 Å². The van der Waals surface area contributed by atoms with Crippen LogP contribution in [0.3, 0.4) is 0 Å². The molecule has 5 nitrogen and oxygen atoms in total. The van der Waals surface area contributed by atoms with Crippen LogP contribution < -0.4 is 5.32 Å². The molecular weight excluding hydrogens is 385 g/mol. The average molecular weight is 409 g/mol. The highest BCUT2D eigenvalue weighted by Crippen LogP contribution is 2.52. The van der Waals surface area contributed by atoms with Gasteiger partial charge in [0.05, 0.1) is 0 Å². The molecule has 0 radical (unpaired) electrons. The Labute approximate surface area is 160 Å². The molecule has 1 amide bonds. The number of carbonyl (C=O) groups is 1. The monoisotopic (exact) mass is 409 g/mol. The predicted octanol–water partition coefficient (Wildman–Crippen LogP) is 4.80. The van der Waals surface area contributed by atoms with Gasteiger partial charge in [-0.2, -0.15) is 18.3 Å². The van der Waals surface area contributed by atoms with Crippen molar-refractivity contribution in [1.82, 2.24) is 10.3 Å². The summed E-state index contributed by atoms with van der Waals surface area (Å²) in [5.41, 5.74) is 1.18. The number of hydrazone groups is 1. The van der Waals surface area contributed by atoms with Gasteiger partial charge >= 0.3 is 12.3 Å².